The van der Waals surface area contributed by atoms with Gasteiger partial charge >= 0.3 is 6.18 Å². The third-order valence-electron chi connectivity index (χ3n) is 2.67. The normalized spacial score (nSPS) is 12.3. The monoisotopic (exact) mass is 387 g/mol. The van der Waals surface area contributed by atoms with E-state index in [9.17, 15) is 26.4 Å². The lowest BCUT2D eigenvalue weighted by Crippen LogP contribution is -2.31. The van der Waals surface area contributed by atoms with Crippen LogP contribution >= 0.6 is 15.9 Å². The van der Waals surface area contributed by atoms with Gasteiger partial charge in [-0.2, -0.15) is 13.2 Å². The fraction of sp³-hybridized carbons (Fsp3) is 0.417. The summed E-state index contributed by atoms with van der Waals surface area (Å²) in [5.41, 5.74) is -1.11. The molecule has 118 valence electrons. The molecule has 0 saturated heterocycles. The van der Waals surface area contributed by atoms with E-state index in [2.05, 4.69) is 15.9 Å². The second kappa shape index (κ2) is 6.35. The van der Waals surface area contributed by atoms with Crippen LogP contribution in [0.4, 0.5) is 13.2 Å². The van der Waals surface area contributed by atoms with Crippen molar-refractivity contribution in [2.24, 2.45) is 0 Å². The molecule has 0 aliphatic heterocycles. The van der Waals surface area contributed by atoms with Crippen molar-refractivity contribution in [3.8, 4) is 0 Å². The van der Waals surface area contributed by atoms with Crippen LogP contribution < -0.4 is 0 Å². The number of halogens is 4. The van der Waals surface area contributed by atoms with Crippen molar-refractivity contribution >= 4 is 31.7 Å². The molecule has 0 bridgehead atoms. The second-order valence-electron chi connectivity index (χ2n) is 4.55. The number of benzene rings is 1. The van der Waals surface area contributed by atoms with E-state index >= 15 is 0 Å². The van der Waals surface area contributed by atoms with Crippen LogP contribution in [-0.4, -0.2) is 44.8 Å². The molecule has 0 aliphatic rings. The molecule has 9 heteroatoms. The van der Waals surface area contributed by atoms with Crippen LogP contribution in [0.25, 0.3) is 0 Å². The summed E-state index contributed by atoms with van der Waals surface area (Å²) in [7, 11) is -1.93. The summed E-state index contributed by atoms with van der Waals surface area (Å²) in [6.07, 6.45) is -3.54. The standard InChI is InChI=1S/C12H13BrF3NO3S/c1-17(5-6-21(2,19)20)11(18)9-7-8(12(14,15)16)3-4-10(9)13/h3-4,7H,5-6H2,1-2H3. The second-order valence-corrected chi connectivity index (χ2v) is 7.66. The first-order valence-electron chi connectivity index (χ1n) is 5.72. The molecule has 1 rings (SSSR count). The number of hydrogen-bond donors (Lipinski definition) is 0. The van der Waals surface area contributed by atoms with Gasteiger partial charge in [-0.25, -0.2) is 8.42 Å². The van der Waals surface area contributed by atoms with Crippen molar-refractivity contribution in [3.63, 3.8) is 0 Å². The molecule has 21 heavy (non-hydrogen) atoms. The highest BCUT2D eigenvalue weighted by atomic mass is 79.9. The first kappa shape index (κ1) is 18.0. The Labute approximate surface area is 129 Å². The Bertz CT molecular complexity index is 644. The van der Waals surface area contributed by atoms with E-state index in [1.54, 1.807) is 0 Å². The zero-order valence-corrected chi connectivity index (χ0v) is 13.6. The van der Waals surface area contributed by atoms with Crippen molar-refractivity contribution in [3.05, 3.63) is 33.8 Å². The van der Waals surface area contributed by atoms with Crippen LogP contribution in [-0.2, 0) is 16.0 Å². The van der Waals surface area contributed by atoms with E-state index in [0.29, 0.717) is 0 Å². The van der Waals surface area contributed by atoms with E-state index in [1.807, 2.05) is 0 Å². The fourth-order valence-electron chi connectivity index (χ4n) is 1.48. The quantitative estimate of drug-likeness (QED) is 0.797. The van der Waals surface area contributed by atoms with Gasteiger partial charge in [-0.3, -0.25) is 4.79 Å². The van der Waals surface area contributed by atoms with E-state index in [1.165, 1.54) is 7.05 Å². The number of nitrogens with zero attached hydrogens (tertiary/aromatic N) is 1. The number of rotatable bonds is 4. The van der Waals surface area contributed by atoms with Gasteiger partial charge in [-0.1, -0.05) is 0 Å². The molecule has 1 amide bonds. The van der Waals surface area contributed by atoms with Gasteiger partial charge in [0.2, 0.25) is 0 Å². The van der Waals surface area contributed by atoms with Gasteiger partial charge in [0.05, 0.1) is 16.9 Å². The number of carbonyl (C=O) groups excluding carboxylic acids is 1. The SMILES string of the molecule is CN(CCS(C)(=O)=O)C(=O)c1cc(C(F)(F)F)ccc1Br. The highest BCUT2D eigenvalue weighted by Gasteiger charge is 2.32. The van der Waals surface area contributed by atoms with Crippen LogP contribution in [0.1, 0.15) is 15.9 Å². The summed E-state index contributed by atoms with van der Waals surface area (Å²) >= 11 is 3.02. The molecule has 0 N–H and O–H groups in total. The Kier molecular flexibility index (Phi) is 5.43. The van der Waals surface area contributed by atoms with E-state index < -0.39 is 27.5 Å². The Morgan fingerprint density at radius 3 is 2.38 bits per heavy atom. The van der Waals surface area contributed by atoms with Gasteiger partial charge in [-0.05, 0) is 34.1 Å². The Hall–Kier alpha value is -1.09. The maximum absolute atomic E-state index is 12.6. The van der Waals surface area contributed by atoms with Crippen molar-refractivity contribution < 1.29 is 26.4 Å². The Morgan fingerprint density at radius 2 is 1.90 bits per heavy atom. The fourth-order valence-corrected chi connectivity index (χ4v) is 2.50. The molecule has 0 saturated carbocycles. The van der Waals surface area contributed by atoms with Crippen LogP contribution in [0.2, 0.25) is 0 Å². The maximum atomic E-state index is 12.6. The molecule has 0 unspecified atom stereocenters. The molecule has 0 heterocycles. The summed E-state index contributed by atoms with van der Waals surface area (Å²) in [5.74, 6) is -0.942. The van der Waals surface area contributed by atoms with E-state index in [4.69, 9.17) is 0 Å². The first-order chi connectivity index (χ1) is 9.42. The van der Waals surface area contributed by atoms with Gasteiger partial charge in [0.15, 0.2) is 0 Å². The minimum absolute atomic E-state index is 0.0969. The van der Waals surface area contributed by atoms with Crippen LogP contribution in [0.5, 0.6) is 0 Å². The number of alkyl halides is 3. The van der Waals surface area contributed by atoms with Gasteiger partial charge < -0.3 is 4.90 Å². The number of hydrogen-bond acceptors (Lipinski definition) is 3. The maximum Gasteiger partial charge on any atom is 0.416 e. The number of carbonyl (C=O) groups is 1. The molecular weight excluding hydrogens is 375 g/mol. The van der Waals surface area contributed by atoms with Crippen molar-refractivity contribution in [2.45, 2.75) is 6.18 Å². The summed E-state index contributed by atoms with van der Waals surface area (Å²) in [5, 5.41) is 0. The molecule has 0 aliphatic carbocycles. The highest BCUT2D eigenvalue weighted by Crippen LogP contribution is 2.32. The predicted molar refractivity (Wildman–Crippen MR) is 75.8 cm³/mol. The van der Waals surface area contributed by atoms with Crippen molar-refractivity contribution in [1.29, 1.82) is 0 Å². The van der Waals surface area contributed by atoms with Crippen molar-refractivity contribution in [2.75, 3.05) is 25.6 Å². The lowest BCUT2D eigenvalue weighted by atomic mass is 10.1. The third-order valence-corrected chi connectivity index (χ3v) is 4.28. The third kappa shape index (κ3) is 5.31. The molecule has 0 spiro atoms. The van der Waals surface area contributed by atoms with E-state index in [-0.39, 0.29) is 22.3 Å². The zero-order valence-electron chi connectivity index (χ0n) is 11.2. The average molecular weight is 388 g/mol. The molecule has 0 radical (unpaired) electrons. The molecule has 0 atom stereocenters. The zero-order chi connectivity index (χ0) is 16.4. The first-order valence-corrected chi connectivity index (χ1v) is 8.57. The summed E-state index contributed by atoms with van der Waals surface area (Å²) in [4.78, 5) is 13.2. The van der Waals surface area contributed by atoms with Crippen molar-refractivity contribution in [1.82, 2.24) is 4.90 Å². The lowest BCUT2D eigenvalue weighted by molar-refractivity contribution is -0.137. The minimum atomic E-state index is -4.55. The van der Waals surface area contributed by atoms with Gasteiger partial charge in [-0.15, -0.1) is 0 Å². The number of sulfone groups is 1. The summed E-state index contributed by atoms with van der Waals surface area (Å²) in [6, 6.07) is 2.74. The molecule has 0 aromatic heterocycles. The predicted octanol–water partition coefficient (Wildman–Crippen LogP) is 2.58. The topological polar surface area (TPSA) is 54.5 Å². The summed E-state index contributed by atoms with van der Waals surface area (Å²) < 4.78 is 60.3. The smallest absolute Gasteiger partial charge is 0.341 e. The highest BCUT2D eigenvalue weighted by molar-refractivity contribution is 9.10. The molecule has 0 fully saturated rings. The Morgan fingerprint density at radius 1 is 1.33 bits per heavy atom. The summed E-state index contributed by atoms with van der Waals surface area (Å²) in [6.45, 7) is -0.0969. The van der Waals surface area contributed by atoms with E-state index in [0.717, 1.165) is 29.4 Å². The molecular formula is C12H13BrF3NO3S. The lowest BCUT2D eigenvalue weighted by Gasteiger charge is -2.18. The van der Waals surface area contributed by atoms with Crippen LogP contribution in [0.15, 0.2) is 22.7 Å². The number of amides is 1. The largest absolute Gasteiger partial charge is 0.416 e. The molecule has 1 aromatic carbocycles. The van der Waals surface area contributed by atoms with Gasteiger partial charge in [0.25, 0.3) is 5.91 Å². The van der Waals surface area contributed by atoms with Gasteiger partial charge in [0, 0.05) is 24.3 Å². The van der Waals surface area contributed by atoms with Crippen LogP contribution in [0, 0.1) is 0 Å². The molecule has 4 nitrogen and oxygen atoms in total. The average Bonchev–Trinajstić information content (AvgIpc) is 2.33. The van der Waals surface area contributed by atoms with Crippen LogP contribution in [0.3, 0.4) is 0 Å². The Balaban J connectivity index is 3.01. The van der Waals surface area contributed by atoms with Gasteiger partial charge in [0.1, 0.15) is 9.84 Å². The molecule has 1 aromatic rings. The minimum Gasteiger partial charge on any atom is -0.341 e.